The number of amidine groups is 1. The zero-order chi connectivity index (χ0) is 18.4. The highest BCUT2D eigenvalue weighted by Crippen LogP contribution is 2.21. The summed E-state index contributed by atoms with van der Waals surface area (Å²) >= 11 is 0. The van der Waals surface area contributed by atoms with E-state index in [0.717, 1.165) is 18.7 Å². The number of quaternary nitrogens is 1. The summed E-state index contributed by atoms with van der Waals surface area (Å²) in [6.45, 7) is 3.19. The zero-order valence-electron chi connectivity index (χ0n) is 15.8. The molecule has 5 heteroatoms. The van der Waals surface area contributed by atoms with Crippen molar-refractivity contribution in [2.75, 3.05) is 19.6 Å². The van der Waals surface area contributed by atoms with Crippen molar-refractivity contribution >= 4 is 11.8 Å². The van der Waals surface area contributed by atoms with Crippen LogP contribution in [-0.2, 0) is 4.79 Å². The van der Waals surface area contributed by atoms with Crippen LogP contribution in [0, 0.1) is 0 Å². The summed E-state index contributed by atoms with van der Waals surface area (Å²) < 4.78 is 0.304. The highest BCUT2D eigenvalue weighted by atomic mass is 16.4. The van der Waals surface area contributed by atoms with Crippen LogP contribution in [-0.4, -0.2) is 41.0 Å². The molecule has 0 aromatic carbocycles. The molecule has 1 atom stereocenters. The number of carboxylic acids is 1. The topological polar surface area (TPSA) is 75.7 Å². The Balaban J connectivity index is 2.15. The van der Waals surface area contributed by atoms with Crippen LogP contribution < -0.4 is 5.73 Å². The molecule has 0 bridgehead atoms. The number of carboxylic acid groups (broad SMARTS) is 1. The molecule has 3 N–H and O–H groups in total. The van der Waals surface area contributed by atoms with Gasteiger partial charge in [0.1, 0.15) is 12.7 Å². The number of unbranched alkanes of at least 4 members (excludes halogenated alkanes) is 8. The fraction of sp³-hybridized carbons (Fsp3) is 0.700. The summed E-state index contributed by atoms with van der Waals surface area (Å²) in [5, 5.41) is 9.19. The van der Waals surface area contributed by atoms with Gasteiger partial charge in [-0.1, -0.05) is 50.7 Å². The standard InChI is InChI=1S/C20H35N3O2/c1-2-3-4-5-6-7-8-9-10-11-12-13-19-22-15-17-23(19,16-14-21)18-20(24)25/h2-3,15,17H,4-14,16,18,21H2,1H3/p+1/b3-2+. The Morgan fingerprint density at radius 2 is 1.80 bits per heavy atom. The van der Waals surface area contributed by atoms with Crippen LogP contribution >= 0.6 is 0 Å². The smallest absolute Gasteiger partial charge is 0.360 e. The molecule has 0 spiro atoms. The molecule has 25 heavy (non-hydrogen) atoms. The largest absolute Gasteiger partial charge is 0.477 e. The molecule has 1 rings (SSSR count). The third-order valence-electron chi connectivity index (χ3n) is 4.79. The summed E-state index contributed by atoms with van der Waals surface area (Å²) in [4.78, 5) is 15.6. The third-order valence-corrected chi connectivity index (χ3v) is 4.79. The van der Waals surface area contributed by atoms with Gasteiger partial charge >= 0.3 is 5.97 Å². The number of hydrogen-bond acceptors (Lipinski definition) is 3. The van der Waals surface area contributed by atoms with E-state index in [1.807, 2.05) is 6.20 Å². The summed E-state index contributed by atoms with van der Waals surface area (Å²) in [5.74, 6) is 0.152. The fourth-order valence-electron chi connectivity index (χ4n) is 3.41. The quantitative estimate of drug-likeness (QED) is 0.264. The van der Waals surface area contributed by atoms with Crippen LogP contribution in [0.25, 0.3) is 0 Å². The van der Waals surface area contributed by atoms with Crippen LogP contribution in [0.2, 0.25) is 0 Å². The number of rotatable bonds is 15. The van der Waals surface area contributed by atoms with Crippen LogP contribution in [0.4, 0.5) is 0 Å². The van der Waals surface area contributed by atoms with E-state index in [0.29, 0.717) is 17.6 Å². The average Bonchev–Trinajstić information content (AvgIpc) is 2.94. The maximum absolute atomic E-state index is 11.2. The molecule has 0 fully saturated rings. The van der Waals surface area contributed by atoms with Crippen molar-refractivity contribution < 1.29 is 14.4 Å². The van der Waals surface area contributed by atoms with Crippen molar-refractivity contribution in [1.82, 2.24) is 0 Å². The predicted octanol–water partition coefficient (Wildman–Crippen LogP) is 4.21. The summed E-state index contributed by atoms with van der Waals surface area (Å²) in [7, 11) is 0. The van der Waals surface area contributed by atoms with Gasteiger partial charge in [-0.25, -0.2) is 14.3 Å². The maximum atomic E-state index is 11.2. The Labute approximate surface area is 152 Å². The molecule has 0 aliphatic carbocycles. The Kier molecular flexibility index (Phi) is 11.1. The van der Waals surface area contributed by atoms with Crippen molar-refractivity contribution in [3.05, 3.63) is 24.6 Å². The van der Waals surface area contributed by atoms with Crippen LogP contribution in [0.1, 0.15) is 71.1 Å². The van der Waals surface area contributed by atoms with E-state index in [1.54, 1.807) is 6.20 Å². The highest BCUT2D eigenvalue weighted by Gasteiger charge is 2.36. The summed E-state index contributed by atoms with van der Waals surface area (Å²) in [6, 6.07) is 0. The van der Waals surface area contributed by atoms with Crippen molar-refractivity contribution in [2.24, 2.45) is 10.7 Å². The lowest BCUT2D eigenvalue weighted by atomic mass is 10.1. The number of carbonyl (C=O) groups is 1. The molecule has 0 aromatic rings. The minimum atomic E-state index is -0.804. The lowest BCUT2D eigenvalue weighted by Gasteiger charge is -2.30. The summed E-state index contributed by atoms with van der Waals surface area (Å²) in [5.41, 5.74) is 5.69. The van der Waals surface area contributed by atoms with Crippen LogP contribution in [0.5, 0.6) is 0 Å². The normalized spacial score (nSPS) is 19.7. The molecule has 0 radical (unpaired) electrons. The number of nitrogens with zero attached hydrogens (tertiary/aromatic N) is 2. The molecule has 0 saturated heterocycles. The monoisotopic (exact) mass is 350 g/mol. The van der Waals surface area contributed by atoms with E-state index in [-0.39, 0.29) is 6.54 Å². The molecule has 0 aromatic heterocycles. The highest BCUT2D eigenvalue weighted by molar-refractivity contribution is 5.81. The second-order valence-electron chi connectivity index (χ2n) is 6.88. The molecular formula is C20H36N3O2+. The molecule has 0 amide bonds. The molecule has 1 unspecified atom stereocenters. The Morgan fingerprint density at radius 1 is 1.16 bits per heavy atom. The molecule has 1 aliphatic rings. The van der Waals surface area contributed by atoms with Crippen molar-refractivity contribution in [1.29, 1.82) is 0 Å². The van der Waals surface area contributed by atoms with E-state index in [2.05, 4.69) is 24.1 Å². The SMILES string of the molecule is C/C=C/CCCCCCCCCCC1=NC=C[N+]1(CCN)CC(=O)O. The van der Waals surface area contributed by atoms with E-state index in [1.165, 1.54) is 51.4 Å². The van der Waals surface area contributed by atoms with Gasteiger partial charge in [0, 0.05) is 13.0 Å². The van der Waals surface area contributed by atoms with Gasteiger partial charge in [0.2, 0.25) is 5.84 Å². The van der Waals surface area contributed by atoms with Gasteiger partial charge in [0.05, 0.1) is 6.20 Å². The van der Waals surface area contributed by atoms with Gasteiger partial charge in [-0.3, -0.25) is 0 Å². The first kappa shape index (κ1) is 21.6. The predicted molar refractivity (Wildman–Crippen MR) is 104 cm³/mol. The first-order valence-corrected chi connectivity index (χ1v) is 9.79. The van der Waals surface area contributed by atoms with Gasteiger partial charge < -0.3 is 10.8 Å². The Bertz CT molecular complexity index is 472. The molecule has 5 nitrogen and oxygen atoms in total. The molecule has 0 saturated carbocycles. The van der Waals surface area contributed by atoms with E-state index < -0.39 is 5.97 Å². The first-order chi connectivity index (χ1) is 12.1. The van der Waals surface area contributed by atoms with Gasteiger partial charge in [-0.15, -0.1) is 0 Å². The number of allylic oxidation sites excluding steroid dienone is 2. The number of aliphatic imine (C=N–C) groups is 1. The van der Waals surface area contributed by atoms with Gasteiger partial charge in [-0.05, 0) is 26.2 Å². The third kappa shape index (κ3) is 8.45. The van der Waals surface area contributed by atoms with E-state index >= 15 is 0 Å². The van der Waals surface area contributed by atoms with E-state index in [4.69, 9.17) is 5.73 Å². The lowest BCUT2D eigenvalue weighted by Crippen LogP contribution is -2.52. The zero-order valence-corrected chi connectivity index (χ0v) is 15.8. The van der Waals surface area contributed by atoms with E-state index in [9.17, 15) is 9.90 Å². The van der Waals surface area contributed by atoms with Crippen molar-refractivity contribution in [3.8, 4) is 0 Å². The Morgan fingerprint density at radius 3 is 2.40 bits per heavy atom. The molecule has 1 heterocycles. The average molecular weight is 351 g/mol. The van der Waals surface area contributed by atoms with Gasteiger partial charge in [0.15, 0.2) is 6.54 Å². The van der Waals surface area contributed by atoms with Crippen molar-refractivity contribution in [3.63, 3.8) is 0 Å². The molecular weight excluding hydrogens is 314 g/mol. The number of aliphatic carboxylic acids is 1. The van der Waals surface area contributed by atoms with Crippen LogP contribution in [0.15, 0.2) is 29.5 Å². The minimum Gasteiger partial charge on any atom is -0.477 e. The summed E-state index contributed by atoms with van der Waals surface area (Å²) in [6.07, 6.45) is 20.2. The number of hydrogen-bond donors (Lipinski definition) is 2. The molecule has 1 aliphatic heterocycles. The minimum absolute atomic E-state index is 0.0414. The van der Waals surface area contributed by atoms with Gasteiger partial charge in [0.25, 0.3) is 0 Å². The lowest BCUT2D eigenvalue weighted by molar-refractivity contribution is -0.778. The van der Waals surface area contributed by atoms with Gasteiger partial charge in [-0.2, -0.15) is 0 Å². The van der Waals surface area contributed by atoms with Crippen molar-refractivity contribution in [2.45, 2.75) is 71.1 Å². The second-order valence-corrected chi connectivity index (χ2v) is 6.88. The Hall–Kier alpha value is -1.46. The molecule has 142 valence electrons. The fourth-order valence-corrected chi connectivity index (χ4v) is 3.41. The maximum Gasteiger partial charge on any atom is 0.360 e. The first-order valence-electron chi connectivity index (χ1n) is 9.79. The second kappa shape index (κ2) is 12.8. The number of nitrogens with two attached hydrogens (primary N) is 1. The van der Waals surface area contributed by atoms with Crippen LogP contribution in [0.3, 0.4) is 0 Å².